The number of anilines is 1. The standard InChI is InChI=1S/C13H22N4/c1-10-13(9-16(2)15-10)17-6-5-11(8-17)7-14-12-3-4-12/h9,11-12,14H,3-8H2,1-2H3. The molecule has 1 aromatic rings. The van der Waals surface area contributed by atoms with Gasteiger partial charge in [0.2, 0.25) is 0 Å². The van der Waals surface area contributed by atoms with E-state index in [1.54, 1.807) is 0 Å². The van der Waals surface area contributed by atoms with E-state index < -0.39 is 0 Å². The van der Waals surface area contributed by atoms with Crippen molar-refractivity contribution < 1.29 is 0 Å². The molecule has 1 N–H and O–H groups in total. The van der Waals surface area contributed by atoms with Crippen molar-refractivity contribution in [1.29, 1.82) is 0 Å². The average Bonchev–Trinajstić information content (AvgIpc) is 2.90. The van der Waals surface area contributed by atoms with Gasteiger partial charge in [0.05, 0.1) is 11.4 Å². The van der Waals surface area contributed by atoms with Crippen LogP contribution >= 0.6 is 0 Å². The number of hydrogen-bond donors (Lipinski definition) is 1. The first kappa shape index (κ1) is 11.1. The molecule has 17 heavy (non-hydrogen) atoms. The summed E-state index contributed by atoms with van der Waals surface area (Å²) in [5, 5.41) is 8.07. The van der Waals surface area contributed by atoms with Gasteiger partial charge in [-0.15, -0.1) is 0 Å². The van der Waals surface area contributed by atoms with Gasteiger partial charge in [-0.3, -0.25) is 4.68 Å². The second-order valence-corrected chi connectivity index (χ2v) is 5.56. The molecule has 2 heterocycles. The van der Waals surface area contributed by atoms with Crippen LogP contribution in [0.3, 0.4) is 0 Å². The van der Waals surface area contributed by atoms with E-state index in [1.165, 1.54) is 44.6 Å². The van der Waals surface area contributed by atoms with Crippen molar-refractivity contribution in [3.63, 3.8) is 0 Å². The van der Waals surface area contributed by atoms with Gasteiger partial charge in [-0.1, -0.05) is 0 Å². The van der Waals surface area contributed by atoms with Crippen molar-refractivity contribution in [3.8, 4) is 0 Å². The summed E-state index contributed by atoms with van der Waals surface area (Å²) in [5.41, 5.74) is 2.48. The second kappa shape index (κ2) is 4.33. The predicted octanol–water partition coefficient (Wildman–Crippen LogP) is 1.31. The maximum atomic E-state index is 4.42. The molecule has 1 aliphatic heterocycles. The Hall–Kier alpha value is -1.03. The second-order valence-electron chi connectivity index (χ2n) is 5.56. The minimum Gasteiger partial charge on any atom is -0.368 e. The lowest BCUT2D eigenvalue weighted by Gasteiger charge is -2.17. The smallest absolute Gasteiger partial charge is 0.0827 e. The molecule has 3 rings (SSSR count). The van der Waals surface area contributed by atoms with Crippen LogP contribution in [0.15, 0.2) is 6.20 Å². The van der Waals surface area contributed by atoms with Crippen molar-refractivity contribution >= 4 is 5.69 Å². The summed E-state index contributed by atoms with van der Waals surface area (Å²) < 4.78 is 1.92. The van der Waals surface area contributed by atoms with Crippen LogP contribution in [0.1, 0.15) is 25.0 Å². The number of aromatic nitrogens is 2. The summed E-state index contributed by atoms with van der Waals surface area (Å²) in [7, 11) is 2.00. The minimum absolute atomic E-state index is 0.815. The molecular weight excluding hydrogens is 212 g/mol. The van der Waals surface area contributed by atoms with E-state index in [9.17, 15) is 0 Å². The Morgan fingerprint density at radius 2 is 2.24 bits per heavy atom. The molecule has 1 saturated heterocycles. The van der Waals surface area contributed by atoms with Crippen molar-refractivity contribution in [1.82, 2.24) is 15.1 Å². The van der Waals surface area contributed by atoms with Gasteiger partial charge in [0.25, 0.3) is 0 Å². The zero-order chi connectivity index (χ0) is 11.8. The van der Waals surface area contributed by atoms with Crippen LogP contribution in [-0.4, -0.2) is 35.5 Å². The first-order chi connectivity index (χ1) is 8.22. The minimum atomic E-state index is 0.815. The largest absolute Gasteiger partial charge is 0.368 e. The van der Waals surface area contributed by atoms with Crippen molar-refractivity contribution in [2.24, 2.45) is 13.0 Å². The number of nitrogens with one attached hydrogen (secondary N) is 1. The Morgan fingerprint density at radius 3 is 2.88 bits per heavy atom. The van der Waals surface area contributed by atoms with Gasteiger partial charge in [0.1, 0.15) is 0 Å². The van der Waals surface area contributed by atoms with E-state index in [4.69, 9.17) is 0 Å². The van der Waals surface area contributed by atoms with Gasteiger partial charge in [-0.2, -0.15) is 5.10 Å². The van der Waals surface area contributed by atoms with E-state index in [2.05, 4.69) is 28.4 Å². The maximum absolute atomic E-state index is 4.42. The molecule has 1 aliphatic carbocycles. The molecule has 0 radical (unpaired) electrons. The normalized spacial score (nSPS) is 24.6. The zero-order valence-corrected chi connectivity index (χ0v) is 10.8. The van der Waals surface area contributed by atoms with E-state index in [0.29, 0.717) is 0 Å². The topological polar surface area (TPSA) is 33.1 Å². The van der Waals surface area contributed by atoms with E-state index in [0.717, 1.165) is 17.7 Å². The fraction of sp³-hybridized carbons (Fsp3) is 0.769. The monoisotopic (exact) mass is 234 g/mol. The lowest BCUT2D eigenvalue weighted by Crippen LogP contribution is -2.27. The number of hydrogen-bond acceptors (Lipinski definition) is 3. The third kappa shape index (κ3) is 2.46. The summed E-state index contributed by atoms with van der Waals surface area (Å²) in [5.74, 6) is 0.815. The van der Waals surface area contributed by atoms with Gasteiger partial charge in [-0.25, -0.2) is 0 Å². The van der Waals surface area contributed by atoms with Crippen molar-refractivity contribution in [2.45, 2.75) is 32.2 Å². The summed E-state index contributed by atoms with van der Waals surface area (Å²) in [4.78, 5) is 2.49. The van der Waals surface area contributed by atoms with Crippen LogP contribution in [0.25, 0.3) is 0 Å². The molecule has 0 amide bonds. The molecule has 4 heteroatoms. The first-order valence-electron chi connectivity index (χ1n) is 6.71. The highest BCUT2D eigenvalue weighted by Gasteiger charge is 2.27. The van der Waals surface area contributed by atoms with Crippen LogP contribution in [0.2, 0.25) is 0 Å². The highest BCUT2D eigenvalue weighted by Crippen LogP contribution is 2.26. The molecule has 0 spiro atoms. The zero-order valence-electron chi connectivity index (χ0n) is 10.8. The maximum Gasteiger partial charge on any atom is 0.0827 e. The van der Waals surface area contributed by atoms with Crippen LogP contribution < -0.4 is 10.2 Å². The Balaban J connectivity index is 1.57. The molecule has 1 saturated carbocycles. The van der Waals surface area contributed by atoms with E-state index in [1.807, 2.05) is 11.7 Å². The molecular formula is C13H22N4. The SMILES string of the molecule is Cc1nn(C)cc1N1CCC(CNC2CC2)C1. The third-order valence-corrected chi connectivity index (χ3v) is 3.89. The first-order valence-corrected chi connectivity index (χ1v) is 6.71. The Labute approximate surface area is 103 Å². The molecule has 94 valence electrons. The van der Waals surface area contributed by atoms with Crippen molar-refractivity contribution in [3.05, 3.63) is 11.9 Å². The summed E-state index contributed by atoms with van der Waals surface area (Å²) >= 11 is 0. The van der Waals surface area contributed by atoms with Gasteiger partial charge < -0.3 is 10.2 Å². The summed E-state index contributed by atoms with van der Waals surface area (Å²) in [6, 6.07) is 0.837. The summed E-state index contributed by atoms with van der Waals surface area (Å²) in [6.45, 7) is 5.67. The average molecular weight is 234 g/mol. The Kier molecular flexibility index (Phi) is 2.82. The highest BCUT2D eigenvalue weighted by atomic mass is 15.3. The molecule has 2 fully saturated rings. The van der Waals surface area contributed by atoms with E-state index in [-0.39, 0.29) is 0 Å². The van der Waals surface area contributed by atoms with Gasteiger partial charge in [0, 0.05) is 32.4 Å². The third-order valence-electron chi connectivity index (χ3n) is 3.89. The fourth-order valence-electron chi connectivity index (χ4n) is 2.74. The molecule has 4 nitrogen and oxygen atoms in total. The Morgan fingerprint density at radius 1 is 1.41 bits per heavy atom. The summed E-state index contributed by atoms with van der Waals surface area (Å²) in [6.07, 6.45) is 6.23. The van der Waals surface area contributed by atoms with Crippen LogP contribution in [0.4, 0.5) is 5.69 Å². The number of nitrogens with zero attached hydrogens (tertiary/aromatic N) is 3. The fourth-order valence-corrected chi connectivity index (χ4v) is 2.74. The lowest BCUT2D eigenvalue weighted by atomic mass is 10.1. The number of aryl methyl sites for hydroxylation is 2. The van der Waals surface area contributed by atoms with Crippen molar-refractivity contribution in [2.75, 3.05) is 24.5 Å². The Bertz CT molecular complexity index is 394. The van der Waals surface area contributed by atoms with Gasteiger partial charge in [-0.05, 0) is 38.6 Å². The van der Waals surface area contributed by atoms with Crippen LogP contribution in [0.5, 0.6) is 0 Å². The highest BCUT2D eigenvalue weighted by molar-refractivity contribution is 5.49. The lowest BCUT2D eigenvalue weighted by molar-refractivity contribution is 0.515. The molecule has 0 bridgehead atoms. The number of rotatable bonds is 4. The quantitative estimate of drug-likeness (QED) is 0.852. The molecule has 1 aromatic heterocycles. The molecule has 0 aromatic carbocycles. The van der Waals surface area contributed by atoms with Crippen LogP contribution in [-0.2, 0) is 7.05 Å². The van der Waals surface area contributed by atoms with Gasteiger partial charge >= 0.3 is 0 Å². The predicted molar refractivity (Wildman–Crippen MR) is 69.3 cm³/mol. The van der Waals surface area contributed by atoms with Gasteiger partial charge in [0.15, 0.2) is 0 Å². The molecule has 1 unspecified atom stereocenters. The van der Waals surface area contributed by atoms with Crippen LogP contribution in [0, 0.1) is 12.8 Å². The molecule has 2 aliphatic rings. The van der Waals surface area contributed by atoms with E-state index >= 15 is 0 Å². The molecule has 1 atom stereocenters.